The maximum atomic E-state index is 12.0. The van der Waals surface area contributed by atoms with E-state index in [9.17, 15) is 4.79 Å². The Hall–Kier alpha value is -1.39. The molecule has 1 unspecified atom stereocenters. The van der Waals surface area contributed by atoms with E-state index in [-0.39, 0.29) is 12.0 Å². The van der Waals surface area contributed by atoms with Crippen molar-refractivity contribution in [2.24, 2.45) is 0 Å². The third kappa shape index (κ3) is 4.65. The lowest BCUT2D eigenvalue weighted by atomic mass is 10.1. The quantitative estimate of drug-likeness (QED) is 0.863. The fraction of sp³-hybridized carbons (Fsp3) is 0.533. The SMILES string of the molecule is CN(CC1CNCCO1)C(=O)CCc1ccccc1. The van der Waals surface area contributed by atoms with E-state index < -0.39 is 0 Å². The minimum Gasteiger partial charge on any atom is -0.374 e. The van der Waals surface area contributed by atoms with Crippen molar-refractivity contribution in [1.29, 1.82) is 0 Å². The van der Waals surface area contributed by atoms with Crippen molar-refractivity contribution in [3.05, 3.63) is 35.9 Å². The van der Waals surface area contributed by atoms with Gasteiger partial charge in [-0.3, -0.25) is 4.79 Å². The zero-order chi connectivity index (χ0) is 13.5. The van der Waals surface area contributed by atoms with Gasteiger partial charge in [0.1, 0.15) is 0 Å². The summed E-state index contributed by atoms with van der Waals surface area (Å²) in [6, 6.07) is 10.1. The van der Waals surface area contributed by atoms with E-state index in [4.69, 9.17) is 4.74 Å². The second-order valence-electron chi connectivity index (χ2n) is 4.96. The van der Waals surface area contributed by atoms with Gasteiger partial charge in [-0.15, -0.1) is 0 Å². The number of benzene rings is 1. The van der Waals surface area contributed by atoms with Crippen LogP contribution in [0.25, 0.3) is 0 Å². The van der Waals surface area contributed by atoms with Crippen molar-refractivity contribution >= 4 is 5.91 Å². The predicted octanol–water partition coefficient (Wildman–Crippen LogP) is 1.07. The average Bonchev–Trinajstić information content (AvgIpc) is 2.47. The Kier molecular flexibility index (Phi) is 5.36. The summed E-state index contributed by atoms with van der Waals surface area (Å²) < 4.78 is 5.61. The molecule has 1 heterocycles. The van der Waals surface area contributed by atoms with E-state index in [1.165, 1.54) is 5.56 Å². The van der Waals surface area contributed by atoms with Crippen LogP contribution in [0.5, 0.6) is 0 Å². The van der Waals surface area contributed by atoms with Crippen LogP contribution in [-0.4, -0.2) is 50.2 Å². The lowest BCUT2D eigenvalue weighted by molar-refractivity contribution is -0.132. The van der Waals surface area contributed by atoms with Gasteiger partial charge in [-0.2, -0.15) is 0 Å². The highest BCUT2D eigenvalue weighted by atomic mass is 16.5. The lowest BCUT2D eigenvalue weighted by Gasteiger charge is -2.28. The molecule has 0 radical (unpaired) electrons. The van der Waals surface area contributed by atoms with Crippen LogP contribution >= 0.6 is 0 Å². The van der Waals surface area contributed by atoms with Crippen molar-refractivity contribution in [1.82, 2.24) is 10.2 Å². The van der Waals surface area contributed by atoms with E-state index in [1.807, 2.05) is 25.2 Å². The van der Waals surface area contributed by atoms with Gasteiger partial charge < -0.3 is 15.0 Å². The molecule has 1 N–H and O–H groups in total. The maximum Gasteiger partial charge on any atom is 0.222 e. The molecule has 1 aliphatic heterocycles. The molecule has 4 heteroatoms. The molecule has 0 saturated carbocycles. The van der Waals surface area contributed by atoms with E-state index in [0.29, 0.717) is 13.0 Å². The summed E-state index contributed by atoms with van der Waals surface area (Å²) in [7, 11) is 1.85. The highest BCUT2D eigenvalue weighted by molar-refractivity contribution is 5.76. The molecule has 104 valence electrons. The Bertz CT molecular complexity index is 388. The molecule has 19 heavy (non-hydrogen) atoms. The molecule has 1 aliphatic rings. The Morgan fingerprint density at radius 3 is 2.89 bits per heavy atom. The van der Waals surface area contributed by atoms with Gasteiger partial charge in [-0.25, -0.2) is 0 Å². The summed E-state index contributed by atoms with van der Waals surface area (Å²) in [6.45, 7) is 3.13. The van der Waals surface area contributed by atoms with Gasteiger partial charge in [0.2, 0.25) is 5.91 Å². The summed E-state index contributed by atoms with van der Waals surface area (Å²) in [5.74, 6) is 0.179. The van der Waals surface area contributed by atoms with Crippen molar-refractivity contribution in [3.8, 4) is 0 Å². The van der Waals surface area contributed by atoms with Crippen LogP contribution < -0.4 is 5.32 Å². The number of likely N-dealkylation sites (N-methyl/N-ethyl adjacent to an activating group) is 1. The number of amides is 1. The van der Waals surface area contributed by atoms with Gasteiger partial charge in [-0.05, 0) is 12.0 Å². The first kappa shape index (κ1) is 14.0. The number of hydrogen-bond acceptors (Lipinski definition) is 3. The van der Waals surface area contributed by atoms with Crippen LogP contribution in [0.15, 0.2) is 30.3 Å². The molecule has 2 rings (SSSR count). The molecule has 1 fully saturated rings. The third-order valence-electron chi connectivity index (χ3n) is 3.38. The minimum atomic E-state index is 0.124. The number of ether oxygens (including phenoxy) is 1. The van der Waals surface area contributed by atoms with Crippen LogP contribution in [0.3, 0.4) is 0 Å². The molecule has 0 bridgehead atoms. The highest BCUT2D eigenvalue weighted by Gasteiger charge is 2.18. The molecule has 1 aromatic carbocycles. The van der Waals surface area contributed by atoms with E-state index in [1.54, 1.807) is 4.90 Å². The molecule has 4 nitrogen and oxygen atoms in total. The fourth-order valence-electron chi connectivity index (χ4n) is 2.23. The third-order valence-corrected chi connectivity index (χ3v) is 3.38. The van der Waals surface area contributed by atoms with Gasteiger partial charge in [0, 0.05) is 33.1 Å². The van der Waals surface area contributed by atoms with Crippen molar-refractivity contribution in [2.45, 2.75) is 18.9 Å². The summed E-state index contributed by atoms with van der Waals surface area (Å²) >= 11 is 0. The zero-order valence-corrected chi connectivity index (χ0v) is 11.5. The Morgan fingerprint density at radius 1 is 1.42 bits per heavy atom. The number of aryl methyl sites for hydroxylation is 1. The summed E-state index contributed by atoms with van der Waals surface area (Å²) in [5, 5.41) is 3.27. The Morgan fingerprint density at radius 2 is 2.21 bits per heavy atom. The lowest BCUT2D eigenvalue weighted by Crippen LogP contribution is -2.45. The number of hydrogen-bond donors (Lipinski definition) is 1. The van der Waals surface area contributed by atoms with Crippen LogP contribution in [0.4, 0.5) is 0 Å². The molecule has 1 aromatic rings. The molecule has 1 atom stereocenters. The highest BCUT2D eigenvalue weighted by Crippen LogP contribution is 2.05. The number of carbonyl (C=O) groups excluding carboxylic acids is 1. The van der Waals surface area contributed by atoms with Crippen LogP contribution in [0, 0.1) is 0 Å². The van der Waals surface area contributed by atoms with Crippen molar-refractivity contribution in [3.63, 3.8) is 0 Å². The molecule has 0 aromatic heterocycles. The van der Waals surface area contributed by atoms with E-state index in [2.05, 4.69) is 17.4 Å². The van der Waals surface area contributed by atoms with E-state index in [0.717, 1.165) is 26.1 Å². The number of morpholine rings is 1. The Balaban J connectivity index is 1.72. The van der Waals surface area contributed by atoms with Crippen molar-refractivity contribution < 1.29 is 9.53 Å². The van der Waals surface area contributed by atoms with Gasteiger partial charge in [0.15, 0.2) is 0 Å². The number of rotatable bonds is 5. The molecular weight excluding hydrogens is 240 g/mol. The smallest absolute Gasteiger partial charge is 0.222 e. The fourth-order valence-corrected chi connectivity index (χ4v) is 2.23. The normalized spacial score (nSPS) is 19.1. The minimum absolute atomic E-state index is 0.124. The van der Waals surface area contributed by atoms with Gasteiger partial charge >= 0.3 is 0 Å². The first-order chi connectivity index (χ1) is 9.25. The summed E-state index contributed by atoms with van der Waals surface area (Å²) in [5.41, 5.74) is 1.21. The predicted molar refractivity (Wildman–Crippen MR) is 75.0 cm³/mol. The van der Waals surface area contributed by atoms with Gasteiger partial charge in [0.25, 0.3) is 0 Å². The first-order valence-corrected chi connectivity index (χ1v) is 6.86. The number of nitrogens with zero attached hydrogens (tertiary/aromatic N) is 1. The molecule has 1 saturated heterocycles. The van der Waals surface area contributed by atoms with Crippen molar-refractivity contribution in [2.75, 3.05) is 33.3 Å². The second kappa shape index (κ2) is 7.26. The summed E-state index contributed by atoms with van der Waals surface area (Å²) in [6.07, 6.45) is 1.48. The summed E-state index contributed by atoms with van der Waals surface area (Å²) in [4.78, 5) is 13.8. The number of carbonyl (C=O) groups is 1. The van der Waals surface area contributed by atoms with Crippen LogP contribution in [0.2, 0.25) is 0 Å². The number of nitrogens with one attached hydrogen (secondary N) is 1. The molecule has 1 amide bonds. The van der Waals surface area contributed by atoms with Gasteiger partial charge in [0.05, 0.1) is 12.7 Å². The first-order valence-electron chi connectivity index (χ1n) is 6.86. The molecular formula is C15H22N2O2. The molecule has 0 aliphatic carbocycles. The maximum absolute atomic E-state index is 12.0. The topological polar surface area (TPSA) is 41.6 Å². The second-order valence-corrected chi connectivity index (χ2v) is 4.96. The van der Waals surface area contributed by atoms with Crippen LogP contribution in [0.1, 0.15) is 12.0 Å². The standard InChI is InChI=1S/C15H22N2O2/c1-17(12-14-11-16-9-10-19-14)15(18)8-7-13-5-3-2-4-6-13/h2-6,14,16H,7-12H2,1H3. The Labute approximate surface area is 114 Å². The van der Waals surface area contributed by atoms with Gasteiger partial charge in [-0.1, -0.05) is 30.3 Å². The van der Waals surface area contributed by atoms with Crippen LogP contribution in [-0.2, 0) is 16.0 Å². The monoisotopic (exact) mass is 262 g/mol. The zero-order valence-electron chi connectivity index (χ0n) is 11.5. The molecule has 0 spiro atoms. The largest absolute Gasteiger partial charge is 0.374 e. The average molecular weight is 262 g/mol. The van der Waals surface area contributed by atoms with E-state index >= 15 is 0 Å².